The SMILES string of the molecule is [NH-]c1ccc(S(=O)(=O)O)c2ccc(N=Nc3cc([N+](=O)[O-])cc([N+](=O)[O-])c3O)c(O)c12.[Na+]. The van der Waals surface area contributed by atoms with Crippen LogP contribution in [-0.2, 0) is 10.1 Å². The van der Waals surface area contributed by atoms with Crippen LogP contribution < -0.4 is 29.6 Å². The number of phenols is 2. The molecular weight excluding hydrogens is 461 g/mol. The van der Waals surface area contributed by atoms with Crippen LogP contribution in [0.4, 0.5) is 28.4 Å². The summed E-state index contributed by atoms with van der Waals surface area (Å²) in [5.74, 6) is -1.72. The Balaban J connectivity index is 0.00000363. The first kappa shape index (κ1) is 24.9. The van der Waals surface area contributed by atoms with Gasteiger partial charge in [0.25, 0.3) is 15.8 Å². The van der Waals surface area contributed by atoms with Gasteiger partial charge in [-0.2, -0.15) is 8.42 Å². The summed E-state index contributed by atoms with van der Waals surface area (Å²) < 4.78 is 32.3. The zero-order valence-corrected chi connectivity index (χ0v) is 18.8. The smallest absolute Gasteiger partial charge is 0.698 e. The van der Waals surface area contributed by atoms with E-state index in [1.807, 2.05) is 0 Å². The van der Waals surface area contributed by atoms with Crippen molar-refractivity contribution in [2.75, 3.05) is 0 Å². The molecule has 0 aliphatic rings. The van der Waals surface area contributed by atoms with Crippen LogP contribution in [-0.4, -0.2) is 33.0 Å². The zero-order chi connectivity index (χ0) is 23.1. The van der Waals surface area contributed by atoms with Crippen LogP contribution >= 0.6 is 0 Å². The minimum Gasteiger partial charge on any atom is -0.698 e. The normalized spacial score (nSPS) is 11.4. The minimum absolute atomic E-state index is 0. The molecule has 32 heavy (non-hydrogen) atoms. The maximum atomic E-state index is 11.5. The van der Waals surface area contributed by atoms with Crippen LogP contribution in [0.3, 0.4) is 0 Å². The van der Waals surface area contributed by atoms with E-state index >= 15 is 0 Å². The molecule has 14 nitrogen and oxygen atoms in total. The summed E-state index contributed by atoms with van der Waals surface area (Å²) in [5, 5.41) is 49.0. The summed E-state index contributed by atoms with van der Waals surface area (Å²) in [6.45, 7) is 0. The molecule has 0 aliphatic heterocycles. The molecule has 0 atom stereocenters. The van der Waals surface area contributed by atoms with Gasteiger partial charge in [0, 0.05) is 16.8 Å². The van der Waals surface area contributed by atoms with Crippen molar-refractivity contribution < 1.29 is 62.6 Å². The molecule has 0 radical (unpaired) electrons. The van der Waals surface area contributed by atoms with Crippen LogP contribution in [0.5, 0.6) is 11.5 Å². The third-order valence-electron chi connectivity index (χ3n) is 4.10. The second kappa shape index (κ2) is 9.01. The Morgan fingerprint density at radius 1 is 0.906 bits per heavy atom. The number of benzene rings is 3. The second-order valence-electron chi connectivity index (χ2n) is 5.99. The van der Waals surface area contributed by atoms with Gasteiger partial charge in [-0.05, 0) is 12.1 Å². The standard InChI is InChI=1S/C16H10N5O9S.Na/c17-9-2-4-13(31(28,29)30)8-1-3-10(16(23)14(8)9)18-19-11-5-7(20(24)25)6-12(15(11)22)21(26)27;/h1-6H,(H4-,17,18,19,22,23,28,29,30);/q-1;+1. The van der Waals surface area contributed by atoms with Gasteiger partial charge < -0.3 is 15.9 Å². The van der Waals surface area contributed by atoms with E-state index in [1.165, 1.54) is 0 Å². The third-order valence-corrected chi connectivity index (χ3v) is 5.01. The molecular formula is C16H10N5NaO9S. The van der Waals surface area contributed by atoms with Crippen LogP contribution in [0.1, 0.15) is 0 Å². The van der Waals surface area contributed by atoms with E-state index in [2.05, 4.69) is 10.2 Å². The quantitative estimate of drug-likeness (QED) is 0.160. The number of aromatic hydroxyl groups is 2. The third kappa shape index (κ3) is 4.61. The van der Waals surface area contributed by atoms with Gasteiger partial charge in [0.1, 0.15) is 22.0 Å². The number of nitrogens with one attached hydrogen (secondary N) is 1. The number of azo groups is 1. The number of hydrogen-bond donors (Lipinski definition) is 3. The fourth-order valence-electron chi connectivity index (χ4n) is 2.71. The van der Waals surface area contributed by atoms with Gasteiger partial charge in [0.2, 0.25) is 5.75 Å². The van der Waals surface area contributed by atoms with Gasteiger partial charge in [-0.15, -0.1) is 15.9 Å². The monoisotopic (exact) mass is 471 g/mol. The number of fused-ring (bicyclic) bond motifs is 1. The van der Waals surface area contributed by atoms with Crippen molar-refractivity contribution in [3.63, 3.8) is 0 Å². The maximum absolute atomic E-state index is 11.5. The number of phenolic OH excluding ortho intramolecular Hbond substituents is 2. The molecule has 0 heterocycles. The predicted octanol–water partition coefficient (Wildman–Crippen LogP) is 1.42. The first-order valence-corrected chi connectivity index (χ1v) is 9.41. The van der Waals surface area contributed by atoms with E-state index in [1.54, 1.807) is 0 Å². The Bertz CT molecular complexity index is 1410. The minimum atomic E-state index is -4.67. The van der Waals surface area contributed by atoms with Crippen molar-refractivity contribution in [2.45, 2.75) is 4.90 Å². The first-order chi connectivity index (χ1) is 14.4. The molecule has 0 saturated carbocycles. The van der Waals surface area contributed by atoms with Gasteiger partial charge in [-0.1, -0.05) is 12.1 Å². The molecule has 3 rings (SSSR count). The first-order valence-electron chi connectivity index (χ1n) is 7.97. The average molecular weight is 471 g/mol. The van der Waals surface area contributed by atoms with Gasteiger partial charge >= 0.3 is 35.2 Å². The van der Waals surface area contributed by atoms with Crippen molar-refractivity contribution in [1.29, 1.82) is 0 Å². The molecule has 3 aromatic rings. The Hall–Kier alpha value is -3.37. The van der Waals surface area contributed by atoms with E-state index in [0.717, 1.165) is 30.3 Å². The Morgan fingerprint density at radius 2 is 1.53 bits per heavy atom. The molecule has 0 amide bonds. The van der Waals surface area contributed by atoms with Crippen molar-refractivity contribution in [1.82, 2.24) is 0 Å². The molecule has 0 bridgehead atoms. The fourth-order valence-corrected chi connectivity index (χ4v) is 3.40. The summed E-state index contributed by atoms with van der Waals surface area (Å²) in [5.41, 5.74) is 4.85. The Kier molecular flexibility index (Phi) is 7.01. The molecule has 0 unspecified atom stereocenters. The van der Waals surface area contributed by atoms with Gasteiger partial charge in [-0.3, -0.25) is 24.8 Å². The maximum Gasteiger partial charge on any atom is 1.00 e. The van der Waals surface area contributed by atoms with E-state index < -0.39 is 53.4 Å². The van der Waals surface area contributed by atoms with Gasteiger partial charge in [-0.25, -0.2) is 0 Å². The van der Waals surface area contributed by atoms with E-state index in [0.29, 0.717) is 6.07 Å². The summed E-state index contributed by atoms with van der Waals surface area (Å²) in [7, 11) is -4.67. The number of nitro groups is 2. The molecule has 0 saturated heterocycles. The van der Waals surface area contributed by atoms with E-state index in [4.69, 9.17) is 5.73 Å². The second-order valence-corrected chi connectivity index (χ2v) is 7.38. The van der Waals surface area contributed by atoms with Crippen LogP contribution in [0.2, 0.25) is 0 Å². The molecule has 0 aromatic heterocycles. The molecule has 3 aromatic carbocycles. The number of nitro benzene ring substituents is 2. The molecule has 0 fully saturated rings. The summed E-state index contributed by atoms with van der Waals surface area (Å²) >= 11 is 0. The Morgan fingerprint density at radius 3 is 2.09 bits per heavy atom. The predicted molar refractivity (Wildman–Crippen MR) is 105 cm³/mol. The topological polar surface area (TPSA) is 230 Å². The molecule has 16 heteroatoms. The van der Waals surface area contributed by atoms with Crippen molar-refractivity contribution in [2.24, 2.45) is 10.2 Å². The molecule has 0 aliphatic carbocycles. The van der Waals surface area contributed by atoms with Gasteiger partial charge in [0.05, 0.1) is 15.9 Å². The average Bonchev–Trinajstić information content (AvgIpc) is 2.67. The van der Waals surface area contributed by atoms with E-state index in [-0.39, 0.29) is 51.7 Å². The molecule has 4 N–H and O–H groups in total. The van der Waals surface area contributed by atoms with Crippen LogP contribution in [0.15, 0.2) is 51.5 Å². The van der Waals surface area contributed by atoms with Crippen LogP contribution in [0, 0.1) is 20.2 Å². The van der Waals surface area contributed by atoms with Crippen molar-refractivity contribution in [3.05, 3.63) is 62.4 Å². The van der Waals surface area contributed by atoms with Gasteiger partial charge in [0.15, 0.2) is 0 Å². The molecule has 0 spiro atoms. The molecule has 160 valence electrons. The largest absolute Gasteiger partial charge is 1.00 e. The fraction of sp³-hybridized carbons (Fsp3) is 0. The van der Waals surface area contributed by atoms with Crippen LogP contribution in [0.25, 0.3) is 16.5 Å². The number of non-ortho nitro benzene ring substituents is 1. The Labute approximate surface area is 200 Å². The van der Waals surface area contributed by atoms with E-state index in [9.17, 15) is 43.4 Å². The van der Waals surface area contributed by atoms with Crippen molar-refractivity contribution in [3.8, 4) is 11.5 Å². The number of nitrogens with zero attached hydrogens (tertiary/aromatic N) is 4. The summed E-state index contributed by atoms with van der Waals surface area (Å²) in [4.78, 5) is 19.4. The number of hydrogen-bond acceptors (Lipinski definition) is 10. The summed E-state index contributed by atoms with van der Waals surface area (Å²) in [6.07, 6.45) is 0. The number of rotatable bonds is 5. The zero-order valence-electron chi connectivity index (χ0n) is 16.0. The van der Waals surface area contributed by atoms with Crippen molar-refractivity contribution >= 4 is 49.3 Å². The summed E-state index contributed by atoms with van der Waals surface area (Å²) in [6, 6.07) is 5.43.